The third-order valence-corrected chi connectivity index (χ3v) is 3.46. The van der Waals surface area contributed by atoms with Gasteiger partial charge in [-0.05, 0) is 25.0 Å². The zero-order valence-electron chi connectivity index (χ0n) is 11.3. The van der Waals surface area contributed by atoms with Gasteiger partial charge in [-0.3, -0.25) is 0 Å². The number of nitrogens with zero attached hydrogens (tertiary/aromatic N) is 2. The quantitative estimate of drug-likeness (QED) is 0.865. The second-order valence-corrected chi connectivity index (χ2v) is 4.82. The first-order valence-corrected chi connectivity index (χ1v) is 6.63. The lowest BCUT2D eigenvalue weighted by molar-refractivity contribution is 0.0773. The van der Waals surface area contributed by atoms with E-state index in [4.69, 9.17) is 19.7 Å². The van der Waals surface area contributed by atoms with Gasteiger partial charge < -0.3 is 19.7 Å². The van der Waals surface area contributed by atoms with Crippen molar-refractivity contribution in [2.75, 3.05) is 26.1 Å². The van der Waals surface area contributed by atoms with Crippen LogP contribution < -0.4 is 10.5 Å². The van der Waals surface area contributed by atoms with Gasteiger partial charge in [-0.25, -0.2) is 0 Å². The number of nitrogen functional groups attached to an aromatic ring is 1. The van der Waals surface area contributed by atoms with E-state index in [-0.39, 0.29) is 5.92 Å². The standard InChI is InChI=1S/C14H17N3O3/c1-18-10-4-5-11(12(15)7-10)14-16-13(17-20-14)9-3-2-6-19-8-9/h4-5,7,9H,2-3,6,8,15H2,1H3. The van der Waals surface area contributed by atoms with Crippen LogP contribution in [0, 0.1) is 0 Å². The lowest BCUT2D eigenvalue weighted by Gasteiger charge is -2.18. The van der Waals surface area contributed by atoms with E-state index >= 15 is 0 Å². The average molecular weight is 275 g/mol. The molecule has 1 unspecified atom stereocenters. The molecule has 3 rings (SSSR count). The van der Waals surface area contributed by atoms with E-state index in [1.807, 2.05) is 12.1 Å². The third-order valence-electron chi connectivity index (χ3n) is 3.46. The Morgan fingerprint density at radius 3 is 3.00 bits per heavy atom. The summed E-state index contributed by atoms with van der Waals surface area (Å²) in [7, 11) is 1.60. The maximum Gasteiger partial charge on any atom is 0.260 e. The normalized spacial score (nSPS) is 18.9. The number of anilines is 1. The predicted molar refractivity (Wildman–Crippen MR) is 73.5 cm³/mol. The summed E-state index contributed by atoms with van der Waals surface area (Å²) in [5.74, 6) is 2.04. The molecule has 0 saturated carbocycles. The van der Waals surface area contributed by atoms with Crippen LogP contribution in [0.3, 0.4) is 0 Å². The summed E-state index contributed by atoms with van der Waals surface area (Å²) >= 11 is 0. The summed E-state index contributed by atoms with van der Waals surface area (Å²) in [4.78, 5) is 4.44. The van der Waals surface area contributed by atoms with Gasteiger partial charge in [-0.2, -0.15) is 4.98 Å². The van der Waals surface area contributed by atoms with Crippen LogP contribution in [0.2, 0.25) is 0 Å². The molecule has 1 aliphatic heterocycles. The van der Waals surface area contributed by atoms with E-state index in [2.05, 4.69) is 10.1 Å². The molecule has 2 aromatic rings. The van der Waals surface area contributed by atoms with E-state index in [9.17, 15) is 0 Å². The Bertz CT molecular complexity index is 591. The molecule has 0 spiro atoms. The van der Waals surface area contributed by atoms with Gasteiger partial charge in [0.25, 0.3) is 5.89 Å². The molecular formula is C14H17N3O3. The van der Waals surface area contributed by atoms with Crippen molar-refractivity contribution < 1.29 is 14.0 Å². The fourth-order valence-electron chi connectivity index (χ4n) is 2.32. The number of rotatable bonds is 3. The summed E-state index contributed by atoms with van der Waals surface area (Å²) in [6.07, 6.45) is 2.05. The second kappa shape index (κ2) is 5.50. The number of ether oxygens (including phenoxy) is 2. The highest BCUT2D eigenvalue weighted by Gasteiger charge is 2.22. The topological polar surface area (TPSA) is 83.4 Å². The van der Waals surface area contributed by atoms with E-state index in [0.29, 0.717) is 29.8 Å². The second-order valence-electron chi connectivity index (χ2n) is 4.82. The summed E-state index contributed by atoms with van der Waals surface area (Å²) in [6.45, 7) is 1.46. The van der Waals surface area contributed by atoms with Crippen LogP contribution in [0.5, 0.6) is 5.75 Å². The van der Waals surface area contributed by atoms with E-state index in [1.165, 1.54) is 0 Å². The lowest BCUT2D eigenvalue weighted by atomic mass is 10.0. The fraction of sp³-hybridized carbons (Fsp3) is 0.429. The number of benzene rings is 1. The zero-order chi connectivity index (χ0) is 13.9. The smallest absolute Gasteiger partial charge is 0.260 e. The maximum absolute atomic E-state index is 5.98. The molecule has 1 fully saturated rings. The summed E-state index contributed by atoms with van der Waals surface area (Å²) in [5.41, 5.74) is 7.26. The molecule has 20 heavy (non-hydrogen) atoms. The Balaban J connectivity index is 1.85. The van der Waals surface area contributed by atoms with Crippen LogP contribution in [-0.2, 0) is 4.74 Å². The average Bonchev–Trinajstić information content (AvgIpc) is 2.97. The molecule has 2 heterocycles. The summed E-state index contributed by atoms with van der Waals surface area (Å²) < 4.78 is 15.9. The molecule has 1 aliphatic rings. The Morgan fingerprint density at radius 2 is 2.30 bits per heavy atom. The Labute approximate surface area is 116 Å². The molecule has 0 bridgehead atoms. The van der Waals surface area contributed by atoms with Crippen molar-refractivity contribution >= 4 is 5.69 Å². The Kier molecular flexibility index (Phi) is 3.56. The summed E-state index contributed by atoms with van der Waals surface area (Å²) in [6, 6.07) is 5.38. The first-order valence-electron chi connectivity index (χ1n) is 6.63. The molecule has 1 atom stereocenters. The number of aromatic nitrogens is 2. The van der Waals surface area contributed by atoms with Crippen molar-refractivity contribution in [3.63, 3.8) is 0 Å². The van der Waals surface area contributed by atoms with Crippen LogP contribution in [0.15, 0.2) is 22.7 Å². The van der Waals surface area contributed by atoms with E-state index < -0.39 is 0 Å². The number of hydrogen-bond acceptors (Lipinski definition) is 6. The fourth-order valence-corrected chi connectivity index (χ4v) is 2.32. The molecule has 1 aromatic heterocycles. The number of hydrogen-bond donors (Lipinski definition) is 1. The lowest BCUT2D eigenvalue weighted by Crippen LogP contribution is -2.16. The molecule has 6 heteroatoms. The molecule has 1 aromatic carbocycles. The van der Waals surface area contributed by atoms with Gasteiger partial charge in [0.05, 0.1) is 19.3 Å². The van der Waals surface area contributed by atoms with E-state index in [0.717, 1.165) is 25.0 Å². The third kappa shape index (κ3) is 2.46. The molecule has 2 N–H and O–H groups in total. The highest BCUT2D eigenvalue weighted by Crippen LogP contribution is 2.30. The van der Waals surface area contributed by atoms with Gasteiger partial charge in [0.1, 0.15) is 5.75 Å². The maximum atomic E-state index is 5.98. The van der Waals surface area contributed by atoms with Crippen molar-refractivity contribution in [2.24, 2.45) is 0 Å². The van der Waals surface area contributed by atoms with Crippen LogP contribution in [0.1, 0.15) is 24.6 Å². The Morgan fingerprint density at radius 1 is 1.40 bits per heavy atom. The molecular weight excluding hydrogens is 258 g/mol. The van der Waals surface area contributed by atoms with Crippen LogP contribution >= 0.6 is 0 Å². The Hall–Kier alpha value is -2.08. The van der Waals surface area contributed by atoms with Gasteiger partial charge in [0, 0.05) is 24.3 Å². The monoisotopic (exact) mass is 275 g/mol. The van der Waals surface area contributed by atoms with Gasteiger partial charge in [0.15, 0.2) is 5.82 Å². The molecule has 106 valence electrons. The number of nitrogens with two attached hydrogens (primary N) is 1. The van der Waals surface area contributed by atoms with E-state index in [1.54, 1.807) is 13.2 Å². The first kappa shape index (κ1) is 12.9. The molecule has 6 nitrogen and oxygen atoms in total. The van der Waals surface area contributed by atoms with Crippen molar-refractivity contribution in [1.82, 2.24) is 10.1 Å². The minimum atomic E-state index is 0.209. The van der Waals surface area contributed by atoms with Crippen LogP contribution in [-0.4, -0.2) is 30.5 Å². The van der Waals surface area contributed by atoms with Gasteiger partial charge in [-0.1, -0.05) is 5.16 Å². The highest BCUT2D eigenvalue weighted by atomic mass is 16.5. The van der Waals surface area contributed by atoms with Crippen LogP contribution in [0.25, 0.3) is 11.5 Å². The molecule has 1 saturated heterocycles. The SMILES string of the molecule is COc1ccc(-c2nc(C3CCCOC3)no2)c(N)c1. The van der Waals surface area contributed by atoms with Crippen molar-refractivity contribution in [3.8, 4) is 17.2 Å². The predicted octanol–water partition coefficient (Wildman–Crippen LogP) is 2.22. The van der Waals surface area contributed by atoms with Crippen molar-refractivity contribution in [3.05, 3.63) is 24.0 Å². The summed E-state index contributed by atoms with van der Waals surface area (Å²) in [5, 5.41) is 4.05. The minimum absolute atomic E-state index is 0.209. The zero-order valence-corrected chi connectivity index (χ0v) is 11.3. The van der Waals surface area contributed by atoms with Crippen LogP contribution in [0.4, 0.5) is 5.69 Å². The van der Waals surface area contributed by atoms with Crippen molar-refractivity contribution in [2.45, 2.75) is 18.8 Å². The largest absolute Gasteiger partial charge is 0.497 e. The molecule has 0 amide bonds. The highest BCUT2D eigenvalue weighted by molar-refractivity contribution is 5.71. The first-order chi connectivity index (χ1) is 9.78. The minimum Gasteiger partial charge on any atom is -0.497 e. The molecule has 0 aliphatic carbocycles. The van der Waals surface area contributed by atoms with Gasteiger partial charge >= 0.3 is 0 Å². The van der Waals surface area contributed by atoms with Crippen molar-refractivity contribution in [1.29, 1.82) is 0 Å². The van der Waals surface area contributed by atoms with Gasteiger partial charge in [0.2, 0.25) is 0 Å². The number of methoxy groups -OCH3 is 1. The van der Waals surface area contributed by atoms with Gasteiger partial charge in [-0.15, -0.1) is 0 Å². The molecule has 0 radical (unpaired) electrons.